The summed E-state index contributed by atoms with van der Waals surface area (Å²) in [6.45, 7) is 1.94. The Hall–Kier alpha value is -1.22. The van der Waals surface area contributed by atoms with E-state index in [4.69, 9.17) is 12.2 Å². The molecule has 0 atom stereocenters. The van der Waals surface area contributed by atoms with E-state index in [0.29, 0.717) is 5.52 Å². The fourth-order valence-corrected chi connectivity index (χ4v) is 1.90. The van der Waals surface area contributed by atoms with Gasteiger partial charge in [0.05, 0.1) is 10.0 Å². The zero-order valence-electron chi connectivity index (χ0n) is 8.04. The Bertz CT molecular complexity index is 557. The summed E-state index contributed by atoms with van der Waals surface area (Å²) in [5.41, 5.74) is 1.57. The van der Waals surface area contributed by atoms with E-state index in [-0.39, 0.29) is 5.82 Å². The smallest absolute Gasteiger partial charge is 0.147 e. The van der Waals surface area contributed by atoms with E-state index in [0.717, 1.165) is 15.5 Å². The Morgan fingerprint density at radius 1 is 1.36 bits per heavy atom. The van der Waals surface area contributed by atoms with Crippen molar-refractivity contribution in [3.8, 4) is 0 Å². The maximum atomic E-state index is 13.5. The molecule has 1 aromatic heterocycles. The van der Waals surface area contributed by atoms with Gasteiger partial charge in [-0.3, -0.25) is 0 Å². The number of hydrogen-bond acceptors (Lipinski definition) is 1. The number of benzene rings is 1. The van der Waals surface area contributed by atoms with Crippen LogP contribution in [0.2, 0.25) is 0 Å². The Kier molecular flexibility index (Phi) is 2.11. The number of aryl methyl sites for hydroxylation is 2. The lowest BCUT2D eigenvalue weighted by atomic mass is 10.1. The summed E-state index contributed by atoms with van der Waals surface area (Å²) in [5.74, 6) is -0.226. The molecule has 72 valence electrons. The van der Waals surface area contributed by atoms with Crippen molar-refractivity contribution in [2.24, 2.45) is 7.05 Å². The standard InChI is InChI=1S/C11H10FNS/c1-7-6-13(2)10-8(11(7)14)4-3-5-9(10)12/h3-6H,1-2H3. The largest absolute Gasteiger partial charge is 0.348 e. The molecular formula is C11H10FNS. The van der Waals surface area contributed by atoms with Gasteiger partial charge < -0.3 is 4.57 Å². The highest BCUT2D eigenvalue weighted by Crippen LogP contribution is 2.20. The van der Waals surface area contributed by atoms with Crippen molar-refractivity contribution in [2.45, 2.75) is 6.92 Å². The van der Waals surface area contributed by atoms with Crippen LogP contribution in [-0.2, 0) is 7.05 Å². The van der Waals surface area contributed by atoms with Crippen molar-refractivity contribution >= 4 is 23.1 Å². The summed E-state index contributed by atoms with van der Waals surface area (Å²) in [6, 6.07) is 4.99. The molecule has 2 aromatic rings. The monoisotopic (exact) mass is 207 g/mol. The van der Waals surface area contributed by atoms with Crippen LogP contribution in [0.4, 0.5) is 4.39 Å². The average Bonchev–Trinajstić information content (AvgIpc) is 2.14. The van der Waals surface area contributed by atoms with Crippen LogP contribution in [0.25, 0.3) is 10.9 Å². The molecule has 0 N–H and O–H groups in total. The molecule has 1 heterocycles. The van der Waals surface area contributed by atoms with E-state index in [1.165, 1.54) is 6.07 Å². The molecule has 0 aliphatic heterocycles. The van der Waals surface area contributed by atoms with Crippen LogP contribution in [0.3, 0.4) is 0 Å². The minimum absolute atomic E-state index is 0.226. The SMILES string of the molecule is Cc1cn(C)c2c(F)cccc2c1=S. The van der Waals surface area contributed by atoms with Gasteiger partial charge in [-0.05, 0) is 18.6 Å². The summed E-state index contributed by atoms with van der Waals surface area (Å²) in [6.07, 6.45) is 1.85. The highest BCUT2D eigenvalue weighted by atomic mass is 32.1. The number of pyridine rings is 1. The molecule has 14 heavy (non-hydrogen) atoms. The number of fused-ring (bicyclic) bond motifs is 1. The third-order valence-corrected chi connectivity index (χ3v) is 2.87. The first-order valence-electron chi connectivity index (χ1n) is 4.35. The lowest BCUT2D eigenvalue weighted by molar-refractivity contribution is 0.630. The zero-order valence-corrected chi connectivity index (χ0v) is 8.86. The van der Waals surface area contributed by atoms with Gasteiger partial charge in [-0.25, -0.2) is 4.39 Å². The lowest BCUT2D eigenvalue weighted by Gasteiger charge is -2.08. The van der Waals surface area contributed by atoms with Gasteiger partial charge in [0.2, 0.25) is 0 Å². The van der Waals surface area contributed by atoms with Crippen LogP contribution in [0.1, 0.15) is 5.56 Å². The maximum absolute atomic E-state index is 13.5. The molecule has 0 saturated heterocycles. The van der Waals surface area contributed by atoms with Crippen molar-refractivity contribution in [3.05, 3.63) is 40.3 Å². The van der Waals surface area contributed by atoms with E-state index < -0.39 is 0 Å². The molecule has 0 amide bonds. The van der Waals surface area contributed by atoms with Crippen LogP contribution in [0.5, 0.6) is 0 Å². The lowest BCUT2D eigenvalue weighted by Crippen LogP contribution is -1.97. The summed E-state index contributed by atoms with van der Waals surface area (Å²) in [4.78, 5) is 0. The van der Waals surface area contributed by atoms with Gasteiger partial charge in [0.15, 0.2) is 0 Å². The van der Waals surface area contributed by atoms with Gasteiger partial charge in [-0.1, -0.05) is 24.4 Å². The van der Waals surface area contributed by atoms with Gasteiger partial charge >= 0.3 is 0 Å². The first-order valence-corrected chi connectivity index (χ1v) is 4.76. The molecule has 0 radical (unpaired) electrons. The second kappa shape index (κ2) is 3.17. The maximum Gasteiger partial charge on any atom is 0.147 e. The van der Waals surface area contributed by atoms with Gasteiger partial charge in [0, 0.05) is 18.6 Å². The predicted octanol–water partition coefficient (Wildman–Crippen LogP) is 3.36. The number of aromatic nitrogens is 1. The first-order chi connectivity index (χ1) is 6.61. The third kappa shape index (κ3) is 1.24. The first kappa shape index (κ1) is 9.34. The van der Waals surface area contributed by atoms with Crippen LogP contribution in [0.15, 0.2) is 24.4 Å². The number of hydrogen-bond donors (Lipinski definition) is 0. The topological polar surface area (TPSA) is 4.93 Å². The van der Waals surface area contributed by atoms with Crippen LogP contribution in [-0.4, -0.2) is 4.57 Å². The fraction of sp³-hybridized carbons (Fsp3) is 0.182. The summed E-state index contributed by atoms with van der Waals surface area (Å²) >= 11 is 5.23. The minimum Gasteiger partial charge on any atom is -0.348 e. The molecule has 1 aromatic carbocycles. The zero-order chi connectivity index (χ0) is 10.3. The number of nitrogens with zero attached hydrogens (tertiary/aromatic N) is 1. The highest BCUT2D eigenvalue weighted by Gasteiger charge is 2.05. The van der Waals surface area contributed by atoms with Gasteiger partial charge in [-0.2, -0.15) is 0 Å². The van der Waals surface area contributed by atoms with Crippen molar-refractivity contribution in [1.82, 2.24) is 4.57 Å². The van der Waals surface area contributed by atoms with E-state index in [9.17, 15) is 4.39 Å². The third-order valence-electron chi connectivity index (χ3n) is 2.33. The van der Waals surface area contributed by atoms with Crippen LogP contribution >= 0.6 is 12.2 Å². The van der Waals surface area contributed by atoms with Crippen molar-refractivity contribution < 1.29 is 4.39 Å². The second-order valence-electron chi connectivity index (χ2n) is 3.39. The van der Waals surface area contributed by atoms with Crippen molar-refractivity contribution in [1.29, 1.82) is 0 Å². The van der Waals surface area contributed by atoms with Gasteiger partial charge in [-0.15, -0.1) is 0 Å². The molecular weight excluding hydrogens is 197 g/mol. The quantitative estimate of drug-likeness (QED) is 0.600. The fourth-order valence-electron chi connectivity index (χ4n) is 1.68. The number of rotatable bonds is 0. The van der Waals surface area contributed by atoms with Crippen LogP contribution in [0, 0.1) is 17.3 Å². The number of para-hydroxylation sites is 1. The normalized spacial score (nSPS) is 10.8. The molecule has 0 spiro atoms. The van der Waals surface area contributed by atoms with Crippen LogP contribution < -0.4 is 0 Å². The Balaban J connectivity index is 3.10. The molecule has 1 nitrogen and oxygen atoms in total. The Morgan fingerprint density at radius 3 is 2.79 bits per heavy atom. The highest BCUT2D eigenvalue weighted by molar-refractivity contribution is 7.71. The Labute approximate surface area is 86.8 Å². The van der Waals surface area contributed by atoms with E-state index in [1.54, 1.807) is 10.6 Å². The van der Waals surface area contributed by atoms with E-state index in [1.807, 2.05) is 26.2 Å². The molecule has 0 unspecified atom stereocenters. The summed E-state index contributed by atoms with van der Waals surface area (Å²) in [5, 5.41) is 0.808. The molecule has 2 rings (SSSR count). The van der Waals surface area contributed by atoms with E-state index in [2.05, 4.69) is 0 Å². The molecule has 0 aliphatic rings. The van der Waals surface area contributed by atoms with Gasteiger partial charge in [0.1, 0.15) is 5.82 Å². The second-order valence-corrected chi connectivity index (χ2v) is 3.80. The average molecular weight is 207 g/mol. The molecule has 3 heteroatoms. The molecule has 0 fully saturated rings. The molecule has 0 aliphatic carbocycles. The molecule has 0 saturated carbocycles. The molecule has 0 bridgehead atoms. The van der Waals surface area contributed by atoms with Crippen molar-refractivity contribution in [3.63, 3.8) is 0 Å². The summed E-state index contributed by atoms with van der Waals surface area (Å²) < 4.78 is 16.0. The Morgan fingerprint density at radius 2 is 2.07 bits per heavy atom. The predicted molar refractivity (Wildman–Crippen MR) is 58.4 cm³/mol. The van der Waals surface area contributed by atoms with Crippen molar-refractivity contribution in [2.75, 3.05) is 0 Å². The van der Waals surface area contributed by atoms with E-state index >= 15 is 0 Å². The van der Waals surface area contributed by atoms with Gasteiger partial charge in [0.25, 0.3) is 0 Å². The number of halogens is 1. The summed E-state index contributed by atoms with van der Waals surface area (Å²) in [7, 11) is 1.83. The minimum atomic E-state index is -0.226.